The topological polar surface area (TPSA) is 27.1 Å². The maximum Gasteiger partial charge on any atom is 0.102 e. The van der Waals surface area contributed by atoms with Crippen LogP contribution < -0.4 is 0 Å². The van der Waals surface area contributed by atoms with E-state index in [1.165, 1.54) is 0 Å². The van der Waals surface area contributed by atoms with E-state index in [0.29, 0.717) is 23.2 Å². The molecule has 1 heterocycles. The molecule has 0 N–H and O–H groups in total. The van der Waals surface area contributed by atoms with E-state index in [9.17, 15) is 0 Å². The highest BCUT2D eigenvalue weighted by Gasteiger charge is 2.16. The van der Waals surface area contributed by atoms with Gasteiger partial charge in [0.25, 0.3) is 0 Å². The minimum atomic E-state index is -0.175. The van der Waals surface area contributed by atoms with Crippen molar-refractivity contribution in [1.82, 2.24) is 9.55 Å². The summed E-state index contributed by atoms with van der Waals surface area (Å²) in [5.74, 6) is 0. The molecule has 0 fully saturated rings. The number of hydrogen-bond donors (Lipinski definition) is 0. The fourth-order valence-corrected chi connectivity index (χ4v) is 2.36. The van der Waals surface area contributed by atoms with E-state index < -0.39 is 0 Å². The first kappa shape index (κ1) is 15.1. The molecular formula is C15H16Cl2N2O. The second-order valence-electron chi connectivity index (χ2n) is 4.68. The molecule has 0 amide bonds. The molecule has 106 valence electrons. The number of rotatable bonds is 6. The van der Waals surface area contributed by atoms with Crippen LogP contribution in [0.2, 0.25) is 10.0 Å². The molecule has 1 aromatic carbocycles. The molecule has 20 heavy (non-hydrogen) atoms. The third kappa shape index (κ3) is 4.10. The number of aromatic nitrogens is 2. The van der Waals surface area contributed by atoms with Crippen molar-refractivity contribution < 1.29 is 4.74 Å². The van der Waals surface area contributed by atoms with E-state index in [-0.39, 0.29) is 6.10 Å². The van der Waals surface area contributed by atoms with Crippen molar-refractivity contribution in [2.45, 2.75) is 19.6 Å². The summed E-state index contributed by atoms with van der Waals surface area (Å²) in [7, 11) is 0. The predicted octanol–water partition coefficient (Wildman–Crippen LogP) is 4.52. The van der Waals surface area contributed by atoms with Crippen LogP contribution in [0.5, 0.6) is 0 Å². The maximum atomic E-state index is 6.27. The molecule has 0 bridgehead atoms. The molecule has 0 aliphatic heterocycles. The average molecular weight is 311 g/mol. The van der Waals surface area contributed by atoms with Crippen LogP contribution in [0.25, 0.3) is 0 Å². The van der Waals surface area contributed by atoms with Gasteiger partial charge in [-0.1, -0.05) is 41.4 Å². The molecule has 0 saturated carbocycles. The summed E-state index contributed by atoms with van der Waals surface area (Å²) in [6.07, 6.45) is 5.20. The normalized spacial score (nSPS) is 12.3. The fraction of sp³-hybridized carbons (Fsp3) is 0.267. The van der Waals surface area contributed by atoms with Crippen molar-refractivity contribution in [2.24, 2.45) is 0 Å². The molecule has 0 aliphatic carbocycles. The predicted molar refractivity (Wildman–Crippen MR) is 82.2 cm³/mol. The Kier molecular flexibility index (Phi) is 5.24. The van der Waals surface area contributed by atoms with Gasteiger partial charge in [-0.05, 0) is 19.1 Å². The van der Waals surface area contributed by atoms with E-state index in [1.807, 2.05) is 29.8 Å². The fourth-order valence-electron chi connectivity index (χ4n) is 1.83. The van der Waals surface area contributed by atoms with Crippen molar-refractivity contribution >= 4 is 23.2 Å². The van der Waals surface area contributed by atoms with Crippen LogP contribution in [0.15, 0.2) is 49.1 Å². The van der Waals surface area contributed by atoms with Crippen LogP contribution in [-0.2, 0) is 11.3 Å². The minimum Gasteiger partial charge on any atom is -0.367 e. The summed E-state index contributed by atoms with van der Waals surface area (Å²) in [5.41, 5.74) is 1.87. The zero-order valence-corrected chi connectivity index (χ0v) is 12.7. The first-order chi connectivity index (χ1) is 9.56. The van der Waals surface area contributed by atoms with Gasteiger partial charge in [-0.15, -0.1) is 0 Å². The summed E-state index contributed by atoms with van der Waals surface area (Å²) in [5, 5.41) is 1.21. The van der Waals surface area contributed by atoms with Gasteiger partial charge in [-0.3, -0.25) is 0 Å². The highest BCUT2D eigenvalue weighted by atomic mass is 35.5. The Bertz CT molecular complexity index is 582. The SMILES string of the molecule is C=C(C)COC(Cn1ccnc1)c1ccc(Cl)cc1Cl. The van der Waals surface area contributed by atoms with Gasteiger partial charge in [-0.2, -0.15) is 0 Å². The lowest BCUT2D eigenvalue weighted by atomic mass is 10.1. The Labute approximate surface area is 128 Å². The molecule has 1 atom stereocenters. The van der Waals surface area contributed by atoms with Crippen molar-refractivity contribution in [3.05, 3.63) is 64.7 Å². The van der Waals surface area contributed by atoms with Crippen LogP contribution in [0.1, 0.15) is 18.6 Å². The van der Waals surface area contributed by atoms with E-state index in [2.05, 4.69) is 11.6 Å². The number of hydrogen-bond acceptors (Lipinski definition) is 2. The highest BCUT2D eigenvalue weighted by molar-refractivity contribution is 6.35. The lowest BCUT2D eigenvalue weighted by Crippen LogP contribution is -2.13. The second kappa shape index (κ2) is 6.93. The van der Waals surface area contributed by atoms with Crippen LogP contribution in [-0.4, -0.2) is 16.2 Å². The molecule has 3 nitrogen and oxygen atoms in total. The lowest BCUT2D eigenvalue weighted by Gasteiger charge is -2.20. The van der Waals surface area contributed by atoms with Gasteiger partial charge in [0.2, 0.25) is 0 Å². The van der Waals surface area contributed by atoms with E-state index in [4.69, 9.17) is 27.9 Å². The largest absolute Gasteiger partial charge is 0.367 e. The van der Waals surface area contributed by atoms with Gasteiger partial charge in [0.1, 0.15) is 6.10 Å². The summed E-state index contributed by atoms with van der Waals surface area (Å²) in [6, 6.07) is 5.43. The number of benzene rings is 1. The Morgan fingerprint density at radius 3 is 2.85 bits per heavy atom. The molecule has 2 aromatic rings. The first-order valence-electron chi connectivity index (χ1n) is 6.23. The number of imidazole rings is 1. The highest BCUT2D eigenvalue weighted by Crippen LogP contribution is 2.29. The molecule has 1 unspecified atom stereocenters. The second-order valence-corrected chi connectivity index (χ2v) is 5.53. The molecule has 0 saturated heterocycles. The van der Waals surface area contributed by atoms with E-state index in [1.54, 1.807) is 18.6 Å². The molecule has 0 spiro atoms. The molecule has 0 aliphatic rings. The van der Waals surface area contributed by atoms with E-state index in [0.717, 1.165) is 11.1 Å². The Balaban J connectivity index is 2.22. The standard InChI is InChI=1S/C15H16Cl2N2O/c1-11(2)9-20-15(8-19-6-5-18-10-19)13-4-3-12(16)7-14(13)17/h3-7,10,15H,1,8-9H2,2H3. The third-order valence-electron chi connectivity index (χ3n) is 2.78. The zero-order chi connectivity index (χ0) is 14.5. The Morgan fingerprint density at radius 1 is 1.45 bits per heavy atom. The van der Waals surface area contributed by atoms with Gasteiger partial charge in [0.15, 0.2) is 0 Å². The number of halogens is 2. The van der Waals surface area contributed by atoms with Gasteiger partial charge in [0, 0.05) is 28.0 Å². The quantitative estimate of drug-likeness (QED) is 0.733. The molecule has 0 radical (unpaired) electrons. The number of nitrogens with zero attached hydrogens (tertiary/aromatic N) is 2. The summed E-state index contributed by atoms with van der Waals surface area (Å²) < 4.78 is 7.86. The zero-order valence-electron chi connectivity index (χ0n) is 11.2. The number of ether oxygens (including phenoxy) is 1. The monoisotopic (exact) mass is 310 g/mol. The molecule has 5 heteroatoms. The van der Waals surface area contributed by atoms with Crippen LogP contribution >= 0.6 is 23.2 Å². The maximum absolute atomic E-state index is 6.27. The van der Waals surface area contributed by atoms with Crippen molar-refractivity contribution in [3.63, 3.8) is 0 Å². The van der Waals surface area contributed by atoms with Gasteiger partial charge < -0.3 is 9.30 Å². The van der Waals surface area contributed by atoms with Crippen LogP contribution in [0.4, 0.5) is 0 Å². The lowest BCUT2D eigenvalue weighted by molar-refractivity contribution is 0.0565. The first-order valence-corrected chi connectivity index (χ1v) is 6.98. The molecule has 1 aromatic heterocycles. The van der Waals surface area contributed by atoms with Crippen molar-refractivity contribution in [3.8, 4) is 0 Å². The third-order valence-corrected chi connectivity index (χ3v) is 3.34. The van der Waals surface area contributed by atoms with Crippen LogP contribution in [0, 0.1) is 0 Å². The minimum absolute atomic E-state index is 0.175. The average Bonchev–Trinajstić information content (AvgIpc) is 2.87. The Hall–Kier alpha value is -1.29. The van der Waals surface area contributed by atoms with Crippen molar-refractivity contribution in [2.75, 3.05) is 6.61 Å². The molecule has 2 rings (SSSR count). The summed E-state index contributed by atoms with van der Waals surface area (Å²) in [6.45, 7) is 6.90. The Morgan fingerprint density at radius 2 is 2.25 bits per heavy atom. The van der Waals surface area contributed by atoms with E-state index >= 15 is 0 Å². The van der Waals surface area contributed by atoms with Crippen molar-refractivity contribution in [1.29, 1.82) is 0 Å². The summed E-state index contributed by atoms with van der Waals surface area (Å²) in [4.78, 5) is 4.04. The molecular weight excluding hydrogens is 295 g/mol. The van der Waals surface area contributed by atoms with Gasteiger partial charge in [-0.25, -0.2) is 4.98 Å². The summed E-state index contributed by atoms with van der Waals surface area (Å²) >= 11 is 12.2. The van der Waals surface area contributed by atoms with Gasteiger partial charge >= 0.3 is 0 Å². The smallest absolute Gasteiger partial charge is 0.102 e. The van der Waals surface area contributed by atoms with Crippen LogP contribution in [0.3, 0.4) is 0 Å². The van der Waals surface area contributed by atoms with Gasteiger partial charge in [0.05, 0.1) is 19.5 Å².